The van der Waals surface area contributed by atoms with Crippen molar-refractivity contribution in [2.75, 3.05) is 13.1 Å². The molecular weight excluding hydrogens is 279 g/mol. The number of hydrogen-bond acceptors (Lipinski definition) is 2. The van der Waals surface area contributed by atoms with E-state index in [-0.39, 0.29) is 17.4 Å². The number of alkyl halides is 3. The van der Waals surface area contributed by atoms with E-state index in [1.54, 1.807) is 4.90 Å². The molecule has 0 saturated heterocycles. The van der Waals surface area contributed by atoms with Gasteiger partial charge in [-0.15, -0.1) is 0 Å². The van der Waals surface area contributed by atoms with Crippen LogP contribution in [0.25, 0.3) is 0 Å². The first kappa shape index (κ1) is 17.1. The molecule has 0 radical (unpaired) electrons. The van der Waals surface area contributed by atoms with Gasteiger partial charge in [0.25, 0.3) is 0 Å². The van der Waals surface area contributed by atoms with E-state index in [9.17, 15) is 18.3 Å². The Morgan fingerprint density at radius 3 is 2.14 bits per heavy atom. The van der Waals surface area contributed by atoms with Crippen LogP contribution in [-0.2, 0) is 0 Å². The molecule has 21 heavy (non-hydrogen) atoms. The Bertz CT molecular complexity index is 346. The van der Waals surface area contributed by atoms with Gasteiger partial charge in [-0.05, 0) is 49.4 Å². The molecule has 2 aliphatic rings. The third-order valence-corrected chi connectivity index (χ3v) is 5.08. The van der Waals surface area contributed by atoms with Crippen LogP contribution in [0.2, 0.25) is 0 Å². The van der Waals surface area contributed by atoms with Gasteiger partial charge in [0, 0.05) is 12.6 Å². The van der Waals surface area contributed by atoms with Crippen molar-refractivity contribution < 1.29 is 18.3 Å². The summed E-state index contributed by atoms with van der Waals surface area (Å²) in [5, 5.41) is 10.2. The van der Waals surface area contributed by atoms with Crippen LogP contribution in [0.15, 0.2) is 0 Å². The summed E-state index contributed by atoms with van der Waals surface area (Å²) < 4.78 is 38.1. The average molecular weight is 307 g/mol. The van der Waals surface area contributed by atoms with Crippen LogP contribution in [0.5, 0.6) is 0 Å². The number of aliphatic hydroxyl groups is 1. The van der Waals surface area contributed by atoms with E-state index in [1.165, 1.54) is 0 Å². The Hall–Kier alpha value is -0.290. The van der Waals surface area contributed by atoms with Crippen LogP contribution in [0.3, 0.4) is 0 Å². The second kappa shape index (κ2) is 6.07. The van der Waals surface area contributed by atoms with Gasteiger partial charge in [-0.2, -0.15) is 13.2 Å². The Morgan fingerprint density at radius 2 is 1.67 bits per heavy atom. The molecule has 2 rings (SSSR count). The van der Waals surface area contributed by atoms with Gasteiger partial charge in [0.05, 0.1) is 12.6 Å². The normalized spacial score (nSPS) is 31.7. The zero-order valence-corrected chi connectivity index (χ0v) is 13.3. The summed E-state index contributed by atoms with van der Waals surface area (Å²) in [5.41, 5.74) is 0.160. The molecule has 2 nitrogen and oxygen atoms in total. The molecule has 5 heteroatoms. The van der Waals surface area contributed by atoms with E-state index in [1.807, 2.05) is 0 Å². The lowest BCUT2D eigenvalue weighted by Gasteiger charge is -2.42. The first-order valence-corrected chi connectivity index (χ1v) is 8.05. The van der Waals surface area contributed by atoms with Gasteiger partial charge in [-0.25, -0.2) is 0 Å². The average Bonchev–Trinajstić information content (AvgIpc) is 3.11. The number of nitrogens with zero attached hydrogens (tertiary/aromatic N) is 1. The maximum atomic E-state index is 12.7. The molecule has 0 aromatic heterocycles. The molecule has 0 aliphatic heterocycles. The van der Waals surface area contributed by atoms with E-state index >= 15 is 0 Å². The third kappa shape index (κ3) is 5.13. The van der Waals surface area contributed by atoms with E-state index < -0.39 is 18.8 Å². The zero-order valence-electron chi connectivity index (χ0n) is 13.3. The molecule has 0 amide bonds. The summed E-state index contributed by atoms with van der Waals surface area (Å²) in [4.78, 5) is 1.55. The predicted molar refractivity (Wildman–Crippen MR) is 76.9 cm³/mol. The standard InChI is InChI=1S/C16H28F3NO/c1-15(2,3)12-4-7-14(21)11(8-12)9-20(13-5-6-13)10-16(17,18)19/h11-14,21H,4-10H2,1-3H3. The molecule has 3 unspecified atom stereocenters. The molecule has 1 N–H and O–H groups in total. The second-order valence-corrected chi connectivity index (χ2v) is 7.98. The molecule has 0 heterocycles. The summed E-state index contributed by atoms with van der Waals surface area (Å²) in [6, 6.07) is 0.0776. The van der Waals surface area contributed by atoms with Crippen molar-refractivity contribution in [3.63, 3.8) is 0 Å². The number of aliphatic hydroxyl groups excluding tert-OH is 1. The predicted octanol–water partition coefficient (Wildman–Crippen LogP) is 3.84. The Balaban J connectivity index is 1.97. The van der Waals surface area contributed by atoms with Gasteiger partial charge in [-0.1, -0.05) is 20.8 Å². The van der Waals surface area contributed by atoms with Gasteiger partial charge < -0.3 is 5.11 Å². The highest BCUT2D eigenvalue weighted by molar-refractivity contribution is 4.91. The molecule has 3 atom stereocenters. The maximum absolute atomic E-state index is 12.7. The monoisotopic (exact) mass is 307 g/mol. The smallest absolute Gasteiger partial charge is 0.393 e. The summed E-state index contributed by atoms with van der Waals surface area (Å²) in [6.07, 6.45) is -0.334. The van der Waals surface area contributed by atoms with E-state index in [0.717, 1.165) is 32.1 Å². The molecule has 2 saturated carbocycles. The fourth-order valence-electron chi connectivity index (χ4n) is 3.54. The molecule has 124 valence electrons. The molecule has 2 aliphatic carbocycles. The molecule has 0 bridgehead atoms. The molecule has 0 spiro atoms. The summed E-state index contributed by atoms with van der Waals surface area (Å²) in [5.74, 6) is 0.462. The van der Waals surface area contributed by atoms with Crippen molar-refractivity contribution >= 4 is 0 Å². The zero-order chi connectivity index (χ0) is 15.8. The summed E-state index contributed by atoms with van der Waals surface area (Å²) in [6.45, 7) is 6.10. The minimum absolute atomic E-state index is 0.0223. The van der Waals surface area contributed by atoms with Crippen LogP contribution < -0.4 is 0 Å². The highest BCUT2D eigenvalue weighted by Gasteiger charge is 2.42. The minimum Gasteiger partial charge on any atom is -0.393 e. The minimum atomic E-state index is -4.15. The lowest BCUT2D eigenvalue weighted by Crippen LogP contribution is -2.45. The van der Waals surface area contributed by atoms with Gasteiger partial charge >= 0.3 is 6.18 Å². The second-order valence-electron chi connectivity index (χ2n) is 7.98. The van der Waals surface area contributed by atoms with Gasteiger partial charge in [0.2, 0.25) is 0 Å². The molecular formula is C16H28F3NO. The van der Waals surface area contributed by atoms with E-state index in [0.29, 0.717) is 12.5 Å². The largest absolute Gasteiger partial charge is 0.401 e. The van der Waals surface area contributed by atoms with Crippen LogP contribution in [-0.4, -0.2) is 41.4 Å². The summed E-state index contributed by atoms with van der Waals surface area (Å²) >= 11 is 0. The van der Waals surface area contributed by atoms with E-state index in [2.05, 4.69) is 20.8 Å². The Morgan fingerprint density at radius 1 is 1.05 bits per heavy atom. The number of rotatable bonds is 4. The van der Waals surface area contributed by atoms with Gasteiger partial charge in [0.1, 0.15) is 0 Å². The lowest BCUT2D eigenvalue weighted by molar-refractivity contribution is -0.151. The summed E-state index contributed by atoms with van der Waals surface area (Å²) in [7, 11) is 0. The fourth-order valence-corrected chi connectivity index (χ4v) is 3.54. The first-order chi connectivity index (χ1) is 9.56. The molecule has 0 aromatic rings. The number of halogens is 3. The topological polar surface area (TPSA) is 23.5 Å². The first-order valence-electron chi connectivity index (χ1n) is 8.05. The van der Waals surface area contributed by atoms with Crippen molar-refractivity contribution in [3.8, 4) is 0 Å². The maximum Gasteiger partial charge on any atom is 0.401 e. The Kier molecular flexibility index (Phi) is 4.94. The van der Waals surface area contributed by atoms with Crippen LogP contribution in [0.1, 0.15) is 52.9 Å². The SMILES string of the molecule is CC(C)(C)C1CCC(O)C(CN(CC(F)(F)F)C2CC2)C1. The molecule has 2 fully saturated rings. The van der Waals surface area contributed by atoms with Gasteiger partial charge in [-0.3, -0.25) is 4.90 Å². The van der Waals surface area contributed by atoms with Crippen molar-refractivity contribution in [1.82, 2.24) is 4.90 Å². The van der Waals surface area contributed by atoms with Crippen LogP contribution in [0.4, 0.5) is 13.2 Å². The van der Waals surface area contributed by atoms with Crippen molar-refractivity contribution in [2.45, 2.75) is 71.2 Å². The lowest BCUT2D eigenvalue weighted by atomic mass is 9.68. The van der Waals surface area contributed by atoms with Crippen molar-refractivity contribution in [3.05, 3.63) is 0 Å². The van der Waals surface area contributed by atoms with Crippen molar-refractivity contribution in [2.24, 2.45) is 17.3 Å². The number of hydrogen-bond donors (Lipinski definition) is 1. The van der Waals surface area contributed by atoms with Crippen LogP contribution in [0, 0.1) is 17.3 Å². The van der Waals surface area contributed by atoms with E-state index in [4.69, 9.17) is 0 Å². The Labute approximate surface area is 125 Å². The molecule has 0 aromatic carbocycles. The quantitative estimate of drug-likeness (QED) is 0.853. The van der Waals surface area contributed by atoms with Gasteiger partial charge in [0.15, 0.2) is 0 Å². The highest BCUT2D eigenvalue weighted by Crippen LogP contribution is 2.41. The van der Waals surface area contributed by atoms with Crippen molar-refractivity contribution in [1.29, 1.82) is 0 Å². The van der Waals surface area contributed by atoms with Crippen LogP contribution >= 0.6 is 0 Å². The fraction of sp³-hybridized carbons (Fsp3) is 1.00. The third-order valence-electron chi connectivity index (χ3n) is 5.08. The highest BCUT2D eigenvalue weighted by atomic mass is 19.4.